The molecule has 0 fully saturated rings. The van der Waals surface area contributed by atoms with Crippen LogP contribution in [0.2, 0.25) is 0 Å². The van der Waals surface area contributed by atoms with Gasteiger partial charge >= 0.3 is 5.43 Å². The van der Waals surface area contributed by atoms with E-state index in [0.717, 1.165) is 41.3 Å². The first-order valence-corrected chi connectivity index (χ1v) is 11.7. The lowest BCUT2D eigenvalue weighted by atomic mass is 9.95. The van der Waals surface area contributed by atoms with Gasteiger partial charge in [-0.2, -0.15) is 0 Å². The SMILES string of the molecule is CCCCc1c2c(nc3cc4c(cc13)OCO4)-c1cc(C(C)OC(=O)Cl)c(COC=O)c(=O)n1C2. The highest BCUT2D eigenvalue weighted by molar-refractivity contribution is 6.61. The van der Waals surface area contributed by atoms with Crippen LogP contribution in [0.1, 0.15) is 55.0 Å². The Kier molecular flexibility index (Phi) is 6.10. The van der Waals surface area contributed by atoms with Gasteiger partial charge in [0.05, 0.1) is 29.0 Å². The van der Waals surface area contributed by atoms with Gasteiger partial charge in [0.25, 0.3) is 12.0 Å². The van der Waals surface area contributed by atoms with E-state index in [2.05, 4.69) is 6.92 Å². The van der Waals surface area contributed by atoms with Crippen molar-refractivity contribution in [3.8, 4) is 22.9 Å². The zero-order valence-electron chi connectivity index (χ0n) is 19.3. The first-order valence-electron chi connectivity index (χ1n) is 11.4. The number of nitrogens with zero attached hydrogens (tertiary/aromatic N) is 2. The quantitative estimate of drug-likeness (QED) is 0.256. The molecular weight excluding hydrogens is 476 g/mol. The van der Waals surface area contributed by atoms with Crippen molar-refractivity contribution in [2.45, 2.75) is 52.4 Å². The molecule has 9 nitrogen and oxygen atoms in total. The van der Waals surface area contributed by atoms with Crippen molar-refractivity contribution in [2.75, 3.05) is 6.79 Å². The highest BCUT2D eigenvalue weighted by Gasteiger charge is 2.30. The number of rotatable bonds is 8. The van der Waals surface area contributed by atoms with Gasteiger partial charge < -0.3 is 23.5 Å². The number of carbonyl (C=O) groups excluding carboxylic acids is 2. The van der Waals surface area contributed by atoms with E-state index in [4.69, 9.17) is 35.5 Å². The number of aromatic nitrogens is 2. The summed E-state index contributed by atoms with van der Waals surface area (Å²) in [6.45, 7) is 4.25. The van der Waals surface area contributed by atoms with Crippen molar-refractivity contribution in [3.63, 3.8) is 0 Å². The number of pyridine rings is 2. The number of fused-ring (bicyclic) bond motifs is 5. The Morgan fingerprint density at radius 1 is 1.26 bits per heavy atom. The molecule has 0 saturated heterocycles. The molecule has 1 unspecified atom stereocenters. The highest BCUT2D eigenvalue weighted by atomic mass is 35.5. The normalized spacial score (nSPS) is 13.9. The number of aryl methyl sites for hydroxylation is 1. The van der Waals surface area contributed by atoms with Crippen molar-refractivity contribution in [1.29, 1.82) is 0 Å². The molecule has 0 N–H and O–H groups in total. The molecule has 5 rings (SSSR count). The Morgan fingerprint density at radius 3 is 2.74 bits per heavy atom. The van der Waals surface area contributed by atoms with E-state index >= 15 is 0 Å². The largest absolute Gasteiger partial charge is 0.463 e. The molecule has 1 aromatic carbocycles. The van der Waals surface area contributed by atoms with E-state index in [9.17, 15) is 14.4 Å². The zero-order valence-corrected chi connectivity index (χ0v) is 20.0. The molecule has 1 atom stereocenters. The molecule has 2 aliphatic heterocycles. The summed E-state index contributed by atoms with van der Waals surface area (Å²) in [6.07, 6.45) is 1.96. The van der Waals surface area contributed by atoms with Crippen molar-refractivity contribution >= 4 is 34.4 Å². The van der Waals surface area contributed by atoms with Gasteiger partial charge in [-0.1, -0.05) is 13.3 Å². The van der Waals surface area contributed by atoms with E-state index in [1.54, 1.807) is 17.6 Å². The van der Waals surface area contributed by atoms with E-state index in [0.29, 0.717) is 35.0 Å². The van der Waals surface area contributed by atoms with Crippen LogP contribution in [0.25, 0.3) is 22.3 Å². The van der Waals surface area contributed by atoms with Crippen molar-refractivity contribution in [3.05, 3.63) is 50.8 Å². The minimum Gasteiger partial charge on any atom is -0.463 e. The van der Waals surface area contributed by atoms with Gasteiger partial charge in [-0.25, -0.2) is 9.78 Å². The summed E-state index contributed by atoms with van der Waals surface area (Å²) >= 11 is 5.43. The molecule has 0 amide bonds. The number of unbranched alkanes of at least 4 members (excludes halogenated alkanes) is 1. The summed E-state index contributed by atoms with van der Waals surface area (Å²) in [5.41, 5.74) is 3.40. The molecule has 0 spiro atoms. The molecule has 0 aliphatic carbocycles. The van der Waals surface area contributed by atoms with Crippen molar-refractivity contribution in [1.82, 2.24) is 9.55 Å². The van der Waals surface area contributed by atoms with Crippen LogP contribution in [-0.2, 0) is 33.8 Å². The van der Waals surface area contributed by atoms with E-state index in [-0.39, 0.29) is 31.0 Å². The van der Waals surface area contributed by atoms with Gasteiger partial charge in [0.2, 0.25) is 6.79 Å². The molecule has 0 radical (unpaired) electrons. The highest BCUT2D eigenvalue weighted by Crippen LogP contribution is 2.42. The molecule has 2 aromatic heterocycles. The van der Waals surface area contributed by atoms with Crippen molar-refractivity contribution < 1.29 is 28.5 Å². The van der Waals surface area contributed by atoms with Crippen LogP contribution < -0.4 is 15.0 Å². The minimum atomic E-state index is -0.997. The van der Waals surface area contributed by atoms with E-state index in [1.807, 2.05) is 12.1 Å². The van der Waals surface area contributed by atoms with Gasteiger partial charge in [0, 0.05) is 34.2 Å². The second kappa shape index (κ2) is 9.22. The number of halogens is 1. The standard InChI is InChI=1S/C25H23ClN2O7/c1-3-4-5-14-16-7-21-22(34-12-33-21)8-19(16)27-23-17(14)9-28-20(23)6-15(13(2)35-25(26)31)18(24(28)30)10-32-11-29/h6-8,11,13H,3-5,9-10,12H2,1-2H3. The van der Waals surface area contributed by atoms with Gasteiger partial charge in [-0.3, -0.25) is 9.59 Å². The third kappa shape index (κ3) is 3.99. The molecule has 2 aliphatic rings. The maximum atomic E-state index is 13.6. The summed E-state index contributed by atoms with van der Waals surface area (Å²) in [4.78, 5) is 40.7. The minimum absolute atomic E-state index is 0.167. The fraction of sp³-hybridized carbons (Fsp3) is 0.360. The van der Waals surface area contributed by atoms with Crippen LogP contribution in [0.15, 0.2) is 23.0 Å². The molecule has 182 valence electrons. The smallest absolute Gasteiger partial charge is 0.404 e. The first kappa shape index (κ1) is 23.2. The topological polar surface area (TPSA) is 106 Å². The monoisotopic (exact) mass is 498 g/mol. The predicted molar refractivity (Wildman–Crippen MR) is 127 cm³/mol. The number of benzene rings is 1. The van der Waals surface area contributed by atoms with Crippen LogP contribution in [0.4, 0.5) is 4.79 Å². The number of hydrogen-bond donors (Lipinski definition) is 0. The average molecular weight is 499 g/mol. The molecule has 0 bridgehead atoms. The summed E-state index contributed by atoms with van der Waals surface area (Å²) in [7, 11) is 0. The molecular formula is C25H23ClN2O7. The van der Waals surface area contributed by atoms with Crippen molar-refractivity contribution in [2.24, 2.45) is 0 Å². The number of ether oxygens (including phenoxy) is 4. The molecule has 4 heterocycles. The van der Waals surface area contributed by atoms with Crippen LogP contribution >= 0.6 is 11.6 Å². The number of carbonyl (C=O) groups is 2. The van der Waals surface area contributed by atoms with Crippen LogP contribution in [0.3, 0.4) is 0 Å². The third-order valence-electron chi connectivity index (χ3n) is 6.48. The summed E-state index contributed by atoms with van der Waals surface area (Å²) < 4.78 is 22.8. The van der Waals surface area contributed by atoms with E-state index in [1.165, 1.54) is 0 Å². The Labute approximate surface area is 205 Å². The third-order valence-corrected chi connectivity index (χ3v) is 6.56. The van der Waals surface area contributed by atoms with Crippen LogP contribution in [0, 0.1) is 0 Å². The Hall–Kier alpha value is -3.59. The van der Waals surface area contributed by atoms with E-state index < -0.39 is 11.5 Å². The Morgan fingerprint density at radius 2 is 2.03 bits per heavy atom. The Bertz CT molecular complexity index is 1420. The maximum absolute atomic E-state index is 13.6. The molecule has 0 saturated carbocycles. The maximum Gasteiger partial charge on any atom is 0.404 e. The number of hydrogen-bond acceptors (Lipinski definition) is 8. The zero-order chi connectivity index (χ0) is 24.7. The second-order valence-electron chi connectivity index (χ2n) is 8.50. The second-order valence-corrected chi connectivity index (χ2v) is 8.81. The van der Waals surface area contributed by atoms with Crippen LogP contribution in [0.5, 0.6) is 11.5 Å². The lowest BCUT2D eigenvalue weighted by Crippen LogP contribution is -2.26. The predicted octanol–water partition coefficient (Wildman–Crippen LogP) is 4.61. The van der Waals surface area contributed by atoms with Gasteiger partial charge in [0.15, 0.2) is 11.5 Å². The summed E-state index contributed by atoms with van der Waals surface area (Å²) in [5.74, 6) is 1.31. The van der Waals surface area contributed by atoms with Gasteiger partial charge in [-0.15, -0.1) is 0 Å². The molecule has 35 heavy (non-hydrogen) atoms. The molecule has 10 heteroatoms. The fourth-order valence-corrected chi connectivity index (χ4v) is 4.96. The molecule has 3 aromatic rings. The summed E-state index contributed by atoms with van der Waals surface area (Å²) in [5, 5.41) is 0.969. The van der Waals surface area contributed by atoms with Gasteiger partial charge in [0.1, 0.15) is 12.7 Å². The fourth-order valence-electron chi connectivity index (χ4n) is 4.83. The lowest BCUT2D eigenvalue weighted by Gasteiger charge is -2.17. The Balaban J connectivity index is 1.73. The van der Waals surface area contributed by atoms with Crippen LogP contribution in [-0.4, -0.2) is 28.2 Å². The lowest BCUT2D eigenvalue weighted by molar-refractivity contribution is -0.129. The average Bonchev–Trinajstić information content (AvgIpc) is 3.43. The first-order chi connectivity index (χ1) is 16.9. The summed E-state index contributed by atoms with van der Waals surface area (Å²) in [6, 6.07) is 5.58. The van der Waals surface area contributed by atoms with Gasteiger partial charge in [-0.05, 0) is 37.5 Å².